The van der Waals surface area contributed by atoms with Crippen LogP contribution in [0.4, 0.5) is 13.2 Å². The zero-order valence-electron chi connectivity index (χ0n) is 33.5. The van der Waals surface area contributed by atoms with Gasteiger partial charge in [-0.15, -0.1) is 0 Å². The Bertz CT molecular complexity index is 3200. The number of aryl methyl sites for hydroxylation is 4. The van der Waals surface area contributed by atoms with E-state index in [0.29, 0.717) is 38.8 Å². The smallest absolute Gasteiger partial charge is 0.309 e. The largest absolute Gasteiger partial charge is 0.420 e. The van der Waals surface area contributed by atoms with E-state index in [1.165, 1.54) is 0 Å². The number of rotatable bonds is 5. The number of benzene rings is 8. The molecular weight excluding hydrogens is 748 g/mol. The van der Waals surface area contributed by atoms with E-state index >= 15 is 13.2 Å². The molecule has 0 aliphatic heterocycles. The van der Waals surface area contributed by atoms with Crippen LogP contribution in [0, 0.1) is 39.0 Å². The molecule has 2 aromatic heterocycles. The average Bonchev–Trinajstić information content (AvgIpc) is 3.74. The Morgan fingerprint density at radius 1 is 0.400 bits per heavy atom. The minimum atomic E-state index is -4.80. The van der Waals surface area contributed by atoms with Crippen molar-refractivity contribution >= 4 is 43.6 Å². The third kappa shape index (κ3) is 6.13. The number of halogens is 3. The summed E-state index contributed by atoms with van der Waals surface area (Å²) < 4.78 is 53.2. The highest BCUT2D eigenvalue weighted by atomic mass is 19.4. The van der Waals surface area contributed by atoms with Gasteiger partial charge >= 0.3 is 6.18 Å². The van der Waals surface area contributed by atoms with Crippen LogP contribution in [-0.2, 0) is 6.18 Å². The molecule has 0 radical (unpaired) electrons. The first-order chi connectivity index (χ1) is 28.9. The lowest BCUT2D eigenvalue weighted by atomic mass is 9.97. The Balaban J connectivity index is 1.37. The molecule has 0 bridgehead atoms. The Kier molecular flexibility index (Phi) is 8.55. The van der Waals surface area contributed by atoms with Crippen LogP contribution >= 0.6 is 0 Å². The monoisotopic (exact) mass is 785 g/mol. The summed E-state index contributed by atoms with van der Waals surface area (Å²) in [6.07, 6.45) is -4.80. The normalized spacial score (nSPS) is 11.9. The van der Waals surface area contributed by atoms with Crippen molar-refractivity contribution in [3.63, 3.8) is 0 Å². The van der Waals surface area contributed by atoms with Gasteiger partial charge in [-0.3, -0.25) is 0 Å². The van der Waals surface area contributed by atoms with Crippen LogP contribution in [0.15, 0.2) is 158 Å². The summed E-state index contributed by atoms with van der Waals surface area (Å²) in [6, 6.07) is 52.8. The Morgan fingerprint density at radius 3 is 1.27 bits per heavy atom. The summed E-state index contributed by atoms with van der Waals surface area (Å²) in [4.78, 5) is 0. The van der Waals surface area contributed by atoms with Crippen LogP contribution in [0.5, 0.6) is 0 Å². The lowest BCUT2D eigenvalue weighted by Crippen LogP contribution is -2.16. The molecule has 0 fully saturated rings. The van der Waals surface area contributed by atoms with E-state index < -0.39 is 11.7 Å². The molecule has 0 spiro atoms. The van der Waals surface area contributed by atoms with Crippen LogP contribution in [-0.4, -0.2) is 9.13 Å². The maximum atomic E-state index is 16.5. The third-order valence-electron chi connectivity index (χ3n) is 11.6. The van der Waals surface area contributed by atoms with Gasteiger partial charge in [-0.25, -0.2) is 0 Å². The molecule has 2 heterocycles. The summed E-state index contributed by atoms with van der Waals surface area (Å²) in [5, 5.41) is 13.3. The predicted octanol–water partition coefficient (Wildman–Crippen LogP) is 15.0. The number of aromatic nitrogens is 2. The highest BCUT2D eigenvalue weighted by molar-refractivity contribution is 6.12. The van der Waals surface area contributed by atoms with E-state index in [0.717, 1.165) is 66.1 Å². The van der Waals surface area contributed by atoms with Gasteiger partial charge in [-0.05, 0) is 110 Å². The molecule has 0 N–H and O–H groups in total. The number of para-hydroxylation sites is 2. The van der Waals surface area contributed by atoms with E-state index in [-0.39, 0.29) is 11.4 Å². The number of hydrogen-bond donors (Lipinski definition) is 0. The van der Waals surface area contributed by atoms with Crippen molar-refractivity contribution < 1.29 is 13.2 Å². The average molecular weight is 786 g/mol. The topological polar surface area (TPSA) is 33.6 Å². The van der Waals surface area contributed by atoms with Crippen molar-refractivity contribution in [1.29, 1.82) is 5.26 Å². The first-order valence-electron chi connectivity index (χ1n) is 20.0. The maximum absolute atomic E-state index is 16.5. The van der Waals surface area contributed by atoms with E-state index in [9.17, 15) is 5.26 Å². The van der Waals surface area contributed by atoms with Crippen molar-refractivity contribution in [3.05, 3.63) is 191 Å². The van der Waals surface area contributed by atoms with Gasteiger partial charge in [0.1, 0.15) is 5.56 Å². The fourth-order valence-electron chi connectivity index (χ4n) is 9.29. The number of nitrogens with zero attached hydrogens (tertiary/aromatic N) is 3. The van der Waals surface area contributed by atoms with Crippen molar-refractivity contribution in [3.8, 4) is 50.8 Å². The predicted molar refractivity (Wildman–Crippen MR) is 240 cm³/mol. The first kappa shape index (κ1) is 36.9. The highest BCUT2D eigenvalue weighted by Gasteiger charge is 2.39. The van der Waals surface area contributed by atoms with Gasteiger partial charge in [0.25, 0.3) is 0 Å². The molecule has 0 saturated heterocycles. The van der Waals surface area contributed by atoms with E-state index in [4.69, 9.17) is 0 Å². The van der Waals surface area contributed by atoms with Crippen molar-refractivity contribution in [2.24, 2.45) is 0 Å². The summed E-state index contributed by atoms with van der Waals surface area (Å²) in [5.74, 6) is 0. The zero-order valence-corrected chi connectivity index (χ0v) is 33.5. The number of hydrogen-bond acceptors (Lipinski definition) is 1. The minimum Gasteiger partial charge on any atom is -0.309 e. The number of alkyl halides is 3. The van der Waals surface area contributed by atoms with Crippen LogP contribution < -0.4 is 0 Å². The van der Waals surface area contributed by atoms with Crippen molar-refractivity contribution in [2.45, 2.75) is 33.9 Å². The molecule has 60 heavy (non-hydrogen) atoms. The molecule has 0 atom stereocenters. The molecule has 8 aromatic carbocycles. The summed E-state index contributed by atoms with van der Waals surface area (Å²) in [6.45, 7) is 8.20. The number of fused-ring (bicyclic) bond motifs is 6. The summed E-state index contributed by atoms with van der Waals surface area (Å²) in [5.41, 5.74) is 11.7. The molecule has 6 heteroatoms. The number of nitriles is 1. The summed E-state index contributed by atoms with van der Waals surface area (Å²) >= 11 is 0. The molecule has 0 unspecified atom stereocenters. The van der Waals surface area contributed by atoms with Gasteiger partial charge in [0.2, 0.25) is 0 Å². The Labute approximate surface area is 345 Å². The summed E-state index contributed by atoms with van der Waals surface area (Å²) in [7, 11) is 0. The lowest BCUT2D eigenvalue weighted by Gasteiger charge is -2.23. The minimum absolute atomic E-state index is 0.00229. The molecule has 3 nitrogen and oxygen atoms in total. The maximum Gasteiger partial charge on any atom is 0.420 e. The molecule has 10 rings (SSSR count). The van der Waals surface area contributed by atoms with Gasteiger partial charge in [0.05, 0.1) is 45.1 Å². The van der Waals surface area contributed by atoms with Crippen LogP contribution in [0.1, 0.15) is 33.4 Å². The quantitative estimate of drug-likeness (QED) is 0.171. The highest BCUT2D eigenvalue weighted by Crippen LogP contribution is 2.47. The molecule has 0 amide bonds. The molecule has 290 valence electrons. The molecular formula is C54H38F3N3. The van der Waals surface area contributed by atoms with Crippen LogP contribution in [0.2, 0.25) is 0 Å². The Morgan fingerprint density at radius 2 is 0.817 bits per heavy atom. The second kappa shape index (κ2) is 13.9. The van der Waals surface area contributed by atoms with Crippen LogP contribution in [0.25, 0.3) is 88.4 Å². The van der Waals surface area contributed by atoms with Gasteiger partial charge in [-0.2, -0.15) is 18.4 Å². The first-order valence-corrected chi connectivity index (χ1v) is 20.0. The molecule has 0 saturated carbocycles. The van der Waals surface area contributed by atoms with Gasteiger partial charge in [0.15, 0.2) is 0 Å². The van der Waals surface area contributed by atoms with Crippen LogP contribution in [0.3, 0.4) is 0 Å². The standard InChI is InChI=1S/C54H38F3N3/c1-32-20-33(2)23-40(22-32)38-16-18-45-43-12-5-7-14-47(43)59(49(45)27-38)51-29-42(37-11-9-10-36(26-37)31-58)30-52(53(51)54(55,56)57)60-48-15-8-6-13-44(48)46-19-17-39(28-50(46)60)41-24-34(3)21-35(4)25-41/h5-30H,1-4H3. The van der Waals surface area contributed by atoms with Crippen molar-refractivity contribution in [1.82, 2.24) is 9.13 Å². The van der Waals surface area contributed by atoms with E-state index in [1.807, 2.05) is 78.9 Å². The SMILES string of the molecule is Cc1cc(C)cc(-c2ccc3c4ccccc4n(-c4cc(-c5cccc(C#N)c5)cc(-n5c6ccccc6c6ccc(-c7cc(C)cc(C)c7)cc65)c4C(F)(F)F)c3c2)c1. The van der Waals surface area contributed by atoms with E-state index in [2.05, 4.69) is 82.3 Å². The fraction of sp³-hybridized carbons (Fsp3) is 0.0926. The van der Waals surface area contributed by atoms with Crippen molar-refractivity contribution in [2.75, 3.05) is 0 Å². The Hall–Kier alpha value is -7.36. The molecule has 0 aliphatic carbocycles. The lowest BCUT2D eigenvalue weighted by molar-refractivity contribution is -0.137. The zero-order chi connectivity index (χ0) is 41.4. The van der Waals surface area contributed by atoms with Gasteiger partial charge in [0, 0.05) is 21.5 Å². The second-order valence-corrected chi connectivity index (χ2v) is 16.0. The third-order valence-corrected chi connectivity index (χ3v) is 11.6. The molecule has 0 aliphatic rings. The second-order valence-electron chi connectivity index (χ2n) is 16.0. The van der Waals surface area contributed by atoms with Gasteiger partial charge in [-0.1, -0.05) is 131 Å². The fourth-order valence-corrected chi connectivity index (χ4v) is 9.29. The van der Waals surface area contributed by atoms with Gasteiger partial charge < -0.3 is 9.13 Å². The van der Waals surface area contributed by atoms with E-state index in [1.54, 1.807) is 39.5 Å². The molecule has 10 aromatic rings.